The van der Waals surface area contributed by atoms with Gasteiger partial charge in [0, 0.05) is 40.9 Å². The fourth-order valence-corrected chi connectivity index (χ4v) is 5.73. The molecule has 0 radical (unpaired) electrons. The maximum Gasteiger partial charge on any atom is 0.254 e. The van der Waals surface area contributed by atoms with Gasteiger partial charge in [0.1, 0.15) is 0 Å². The second kappa shape index (κ2) is 7.27. The van der Waals surface area contributed by atoms with Crippen LogP contribution in [-0.2, 0) is 0 Å². The van der Waals surface area contributed by atoms with Crippen LogP contribution in [0.4, 0.5) is 5.69 Å². The number of carbonyl (C=O) groups is 1. The minimum absolute atomic E-state index is 0.0316. The van der Waals surface area contributed by atoms with E-state index in [9.17, 15) is 4.79 Å². The highest BCUT2D eigenvalue weighted by Gasteiger charge is 2.41. The molecule has 2 saturated heterocycles. The lowest BCUT2D eigenvalue weighted by Crippen LogP contribution is -2.37. The van der Waals surface area contributed by atoms with Crippen LogP contribution < -0.4 is 4.90 Å². The molecule has 2 bridgehead atoms. The van der Waals surface area contributed by atoms with Gasteiger partial charge in [-0.2, -0.15) is 0 Å². The molecule has 3 nitrogen and oxygen atoms in total. The van der Waals surface area contributed by atoms with E-state index in [0.29, 0.717) is 21.5 Å². The van der Waals surface area contributed by atoms with Gasteiger partial charge in [-0.15, -0.1) is 0 Å². The number of nitrogens with zero attached hydrogens (tertiary/aromatic N) is 2. The third-order valence-corrected chi connectivity index (χ3v) is 7.00. The van der Waals surface area contributed by atoms with Crippen LogP contribution in [0.5, 0.6) is 0 Å². The van der Waals surface area contributed by atoms with Crippen LogP contribution in [-0.4, -0.2) is 30.4 Å². The number of amides is 1. The smallest absolute Gasteiger partial charge is 0.254 e. The third kappa shape index (κ3) is 3.19. The lowest BCUT2D eigenvalue weighted by Gasteiger charge is -2.34. The van der Waals surface area contributed by atoms with Gasteiger partial charge >= 0.3 is 0 Å². The van der Waals surface area contributed by atoms with Crippen molar-refractivity contribution in [1.82, 2.24) is 4.90 Å². The Hall–Kier alpha value is -1.71. The van der Waals surface area contributed by atoms with Crippen molar-refractivity contribution in [2.45, 2.75) is 44.1 Å². The Morgan fingerprint density at radius 1 is 0.893 bits per heavy atom. The predicted molar refractivity (Wildman–Crippen MR) is 115 cm³/mol. The van der Waals surface area contributed by atoms with Crippen molar-refractivity contribution >= 4 is 34.8 Å². The Morgan fingerprint density at radius 3 is 2.39 bits per heavy atom. The van der Waals surface area contributed by atoms with E-state index in [1.54, 1.807) is 18.2 Å². The van der Waals surface area contributed by atoms with Gasteiger partial charge in [0.15, 0.2) is 0 Å². The molecule has 2 fully saturated rings. The van der Waals surface area contributed by atoms with Gasteiger partial charge in [-0.05, 0) is 79.5 Å². The van der Waals surface area contributed by atoms with Crippen LogP contribution in [0.2, 0.25) is 10.0 Å². The topological polar surface area (TPSA) is 23.6 Å². The minimum atomic E-state index is 0.0316. The molecule has 0 aromatic heterocycles. The van der Waals surface area contributed by atoms with Crippen molar-refractivity contribution in [1.29, 1.82) is 0 Å². The summed E-state index contributed by atoms with van der Waals surface area (Å²) in [5.41, 5.74) is 4.66. The quantitative estimate of drug-likeness (QED) is 0.596. The highest BCUT2D eigenvalue weighted by atomic mass is 35.5. The molecule has 1 aliphatic carbocycles. The first-order valence-electron chi connectivity index (χ1n) is 10.3. The summed E-state index contributed by atoms with van der Waals surface area (Å²) < 4.78 is 0. The zero-order chi connectivity index (χ0) is 19.3. The van der Waals surface area contributed by atoms with E-state index in [1.807, 2.05) is 4.90 Å². The minimum Gasteiger partial charge on any atom is -0.372 e. The molecule has 5 rings (SSSR count). The molecule has 2 aromatic rings. The second-order valence-electron chi connectivity index (χ2n) is 8.25. The van der Waals surface area contributed by atoms with E-state index in [2.05, 4.69) is 23.1 Å². The van der Waals surface area contributed by atoms with Gasteiger partial charge in [-0.25, -0.2) is 0 Å². The van der Waals surface area contributed by atoms with Crippen LogP contribution >= 0.6 is 23.2 Å². The molecule has 2 atom stereocenters. The van der Waals surface area contributed by atoms with E-state index < -0.39 is 0 Å². The van der Waals surface area contributed by atoms with Crippen molar-refractivity contribution in [3.8, 4) is 0 Å². The Bertz CT molecular complexity index is 903. The van der Waals surface area contributed by atoms with E-state index >= 15 is 0 Å². The van der Waals surface area contributed by atoms with Gasteiger partial charge in [0.05, 0.1) is 6.04 Å². The fourth-order valence-electron chi connectivity index (χ4n) is 5.20. The summed E-state index contributed by atoms with van der Waals surface area (Å²) in [6, 6.07) is 12.2. The highest BCUT2D eigenvalue weighted by molar-refractivity contribution is 6.35. The van der Waals surface area contributed by atoms with Crippen LogP contribution in [0.3, 0.4) is 0 Å². The Balaban J connectivity index is 1.47. The molecular weight excluding hydrogens is 391 g/mol. The van der Waals surface area contributed by atoms with Gasteiger partial charge in [0.25, 0.3) is 5.91 Å². The summed E-state index contributed by atoms with van der Waals surface area (Å²) in [5, 5.41) is 1.01. The van der Waals surface area contributed by atoms with Gasteiger partial charge < -0.3 is 9.80 Å². The summed E-state index contributed by atoms with van der Waals surface area (Å²) >= 11 is 12.3. The molecule has 28 heavy (non-hydrogen) atoms. The largest absolute Gasteiger partial charge is 0.372 e. The SMILES string of the molecule is O=C(c1cc(Cl)cc(Cl)c1)N1CC[C@H]2C[C@@H]1c1cc(N3CCCCC3)ccc12. The maximum absolute atomic E-state index is 13.3. The number of halogens is 2. The summed E-state index contributed by atoms with van der Waals surface area (Å²) in [5.74, 6) is 0.603. The standard InChI is InChI=1S/C23H24Cl2N2O/c24-17-10-16(11-18(25)13-17)23(28)27-9-6-15-12-22(27)21-14-19(4-5-20(15)21)26-7-2-1-3-8-26/h4-5,10-11,13-15,22H,1-3,6-9,12H2/t15-,22+/m0/s1. The first kappa shape index (κ1) is 18.3. The first-order valence-corrected chi connectivity index (χ1v) is 11.0. The summed E-state index contributed by atoms with van der Waals surface area (Å²) in [4.78, 5) is 17.8. The second-order valence-corrected chi connectivity index (χ2v) is 9.13. The number of likely N-dealkylation sites (tertiary alicyclic amines) is 1. The summed E-state index contributed by atoms with van der Waals surface area (Å²) in [6.07, 6.45) is 5.91. The predicted octanol–water partition coefficient (Wildman–Crippen LogP) is 6.06. The van der Waals surface area contributed by atoms with Crippen molar-refractivity contribution < 1.29 is 4.79 Å². The van der Waals surface area contributed by atoms with Crippen LogP contribution in [0.15, 0.2) is 36.4 Å². The number of benzene rings is 2. The van der Waals surface area contributed by atoms with Crippen LogP contribution in [0.25, 0.3) is 0 Å². The van der Waals surface area contributed by atoms with Crippen LogP contribution in [0.1, 0.15) is 65.5 Å². The third-order valence-electron chi connectivity index (χ3n) is 6.56. The molecule has 1 amide bonds. The van der Waals surface area contributed by atoms with E-state index in [1.165, 1.54) is 36.1 Å². The molecule has 0 spiro atoms. The number of carbonyl (C=O) groups excluding carboxylic acids is 1. The Kier molecular flexibility index (Phi) is 4.76. The highest BCUT2D eigenvalue weighted by Crippen LogP contribution is 2.50. The zero-order valence-corrected chi connectivity index (χ0v) is 17.3. The van der Waals surface area contributed by atoms with E-state index in [-0.39, 0.29) is 11.9 Å². The molecule has 0 N–H and O–H groups in total. The lowest BCUT2D eigenvalue weighted by molar-refractivity contribution is 0.0620. The van der Waals surface area contributed by atoms with Crippen LogP contribution in [0, 0.1) is 0 Å². The Labute approximate surface area is 176 Å². The van der Waals surface area contributed by atoms with Crippen molar-refractivity contribution in [3.05, 3.63) is 63.1 Å². The van der Waals surface area contributed by atoms with Crippen molar-refractivity contribution in [3.63, 3.8) is 0 Å². The van der Waals surface area contributed by atoms with Gasteiger partial charge in [-0.1, -0.05) is 29.3 Å². The van der Waals surface area contributed by atoms with Crippen molar-refractivity contribution in [2.75, 3.05) is 24.5 Å². The average Bonchev–Trinajstić information content (AvgIpc) is 2.99. The fraction of sp³-hybridized carbons (Fsp3) is 0.435. The normalized spacial score (nSPS) is 23.6. The Morgan fingerprint density at radius 2 is 1.64 bits per heavy atom. The number of fused-ring (bicyclic) bond motifs is 5. The van der Waals surface area contributed by atoms with E-state index in [0.717, 1.165) is 32.5 Å². The van der Waals surface area contributed by atoms with E-state index in [4.69, 9.17) is 23.2 Å². The monoisotopic (exact) mass is 414 g/mol. The summed E-state index contributed by atoms with van der Waals surface area (Å²) in [6.45, 7) is 3.05. The molecule has 5 heteroatoms. The number of hydrogen-bond donors (Lipinski definition) is 0. The number of rotatable bonds is 2. The molecule has 2 aliphatic heterocycles. The zero-order valence-electron chi connectivity index (χ0n) is 15.8. The average molecular weight is 415 g/mol. The molecule has 3 aliphatic rings. The molecule has 0 saturated carbocycles. The first-order chi connectivity index (χ1) is 13.6. The molecule has 0 unspecified atom stereocenters. The number of anilines is 1. The number of piperidine rings is 2. The van der Waals surface area contributed by atoms with Gasteiger partial charge in [0.2, 0.25) is 0 Å². The number of hydrogen-bond acceptors (Lipinski definition) is 2. The van der Waals surface area contributed by atoms with Gasteiger partial charge in [-0.3, -0.25) is 4.79 Å². The van der Waals surface area contributed by atoms with Crippen molar-refractivity contribution in [2.24, 2.45) is 0 Å². The molecule has 2 aromatic carbocycles. The molecular formula is C23H24Cl2N2O. The maximum atomic E-state index is 13.3. The summed E-state index contributed by atoms with van der Waals surface area (Å²) in [7, 11) is 0. The lowest BCUT2D eigenvalue weighted by atomic mass is 9.95. The molecule has 146 valence electrons. The molecule has 2 heterocycles.